The van der Waals surface area contributed by atoms with Gasteiger partial charge in [0.2, 0.25) is 5.91 Å². The highest BCUT2D eigenvalue weighted by atomic mass is 35.5. The van der Waals surface area contributed by atoms with Crippen LogP contribution in [0.4, 0.5) is 5.69 Å². The number of carbonyl (C=O) groups is 1. The topological polar surface area (TPSA) is 72.2 Å². The van der Waals surface area contributed by atoms with Crippen LogP contribution in [0.3, 0.4) is 0 Å². The van der Waals surface area contributed by atoms with Crippen LogP contribution in [0, 0.1) is 0 Å². The van der Waals surface area contributed by atoms with Crippen LogP contribution in [0.1, 0.15) is 33.3 Å². The first-order valence-electron chi connectivity index (χ1n) is 6.24. The molecule has 0 saturated carbocycles. The van der Waals surface area contributed by atoms with Crippen LogP contribution in [-0.4, -0.2) is 20.9 Å². The molecule has 0 spiro atoms. The minimum Gasteiger partial charge on any atom is -0.325 e. The summed E-state index contributed by atoms with van der Waals surface area (Å²) in [4.78, 5) is 11.5. The first-order valence-corrected chi connectivity index (χ1v) is 7.56. The van der Waals surface area contributed by atoms with Crippen LogP contribution in [0.15, 0.2) is 24.3 Å². The standard InChI is InChI=1S/C14H22N2O2S.ClH/c1-10(15)13(17)16-12-7-5-6-11(8-12)9-19(18)14(2,3)4;/h5-8,10H,9,15H2,1-4H3,(H,16,17);1H/t10-,19?;/m0./s1. The summed E-state index contributed by atoms with van der Waals surface area (Å²) in [5.41, 5.74) is 7.13. The summed E-state index contributed by atoms with van der Waals surface area (Å²) in [6, 6.07) is 6.83. The van der Waals surface area contributed by atoms with E-state index in [1.54, 1.807) is 13.0 Å². The van der Waals surface area contributed by atoms with E-state index < -0.39 is 16.8 Å². The van der Waals surface area contributed by atoms with Crippen LogP contribution in [-0.2, 0) is 21.3 Å². The zero-order valence-corrected chi connectivity index (χ0v) is 13.9. The molecule has 0 radical (unpaired) electrons. The van der Waals surface area contributed by atoms with Gasteiger partial charge in [0.05, 0.1) is 6.04 Å². The van der Waals surface area contributed by atoms with Crippen molar-refractivity contribution in [1.82, 2.24) is 0 Å². The zero-order valence-electron chi connectivity index (χ0n) is 12.3. The maximum absolute atomic E-state index is 12.1. The highest BCUT2D eigenvalue weighted by Crippen LogP contribution is 2.18. The Balaban J connectivity index is 0.00000361. The maximum atomic E-state index is 12.1. The number of hydrogen-bond donors (Lipinski definition) is 2. The zero-order chi connectivity index (χ0) is 14.6. The van der Waals surface area contributed by atoms with Crippen LogP contribution >= 0.6 is 12.4 Å². The third kappa shape index (κ3) is 6.03. The number of anilines is 1. The second-order valence-electron chi connectivity index (χ2n) is 5.58. The van der Waals surface area contributed by atoms with Crippen molar-refractivity contribution in [2.75, 3.05) is 5.32 Å². The van der Waals surface area contributed by atoms with Gasteiger partial charge in [-0.15, -0.1) is 12.4 Å². The fourth-order valence-electron chi connectivity index (χ4n) is 1.36. The number of benzene rings is 1. The third-order valence-electron chi connectivity index (χ3n) is 2.59. The Bertz CT molecular complexity index is 484. The molecule has 0 saturated heterocycles. The van der Waals surface area contributed by atoms with Crippen molar-refractivity contribution in [3.05, 3.63) is 29.8 Å². The number of carbonyl (C=O) groups excluding carboxylic acids is 1. The molecule has 0 aliphatic rings. The van der Waals surface area contributed by atoms with Gasteiger partial charge in [0.25, 0.3) is 0 Å². The van der Waals surface area contributed by atoms with Gasteiger partial charge in [-0.3, -0.25) is 9.00 Å². The molecule has 0 aliphatic carbocycles. The van der Waals surface area contributed by atoms with Gasteiger partial charge in [0.15, 0.2) is 0 Å². The lowest BCUT2D eigenvalue weighted by Crippen LogP contribution is -2.32. The monoisotopic (exact) mass is 318 g/mol. The van der Waals surface area contributed by atoms with Crippen LogP contribution < -0.4 is 11.1 Å². The Morgan fingerprint density at radius 1 is 1.40 bits per heavy atom. The smallest absolute Gasteiger partial charge is 0.240 e. The molecular formula is C14H23ClN2O2S. The highest BCUT2D eigenvalue weighted by molar-refractivity contribution is 7.85. The van der Waals surface area contributed by atoms with Crippen LogP contribution in [0.25, 0.3) is 0 Å². The molecular weight excluding hydrogens is 296 g/mol. The number of nitrogens with one attached hydrogen (secondary N) is 1. The van der Waals surface area contributed by atoms with E-state index in [4.69, 9.17) is 5.73 Å². The highest BCUT2D eigenvalue weighted by Gasteiger charge is 2.19. The lowest BCUT2D eigenvalue weighted by atomic mass is 10.2. The van der Waals surface area contributed by atoms with Gasteiger partial charge in [-0.25, -0.2) is 0 Å². The number of nitrogens with two attached hydrogens (primary N) is 1. The van der Waals surface area contributed by atoms with Gasteiger partial charge in [0.1, 0.15) is 0 Å². The molecule has 1 amide bonds. The van der Waals surface area contributed by atoms with Crippen molar-refractivity contribution >= 4 is 34.8 Å². The fraction of sp³-hybridized carbons (Fsp3) is 0.500. The van der Waals surface area contributed by atoms with E-state index in [1.165, 1.54) is 0 Å². The van der Waals surface area contributed by atoms with E-state index in [-0.39, 0.29) is 23.1 Å². The van der Waals surface area contributed by atoms with E-state index >= 15 is 0 Å². The minimum absolute atomic E-state index is 0. The Hall–Kier alpha value is -0.910. The quantitative estimate of drug-likeness (QED) is 0.895. The van der Waals surface area contributed by atoms with Crippen molar-refractivity contribution in [2.24, 2.45) is 5.73 Å². The predicted molar refractivity (Wildman–Crippen MR) is 87.6 cm³/mol. The molecule has 0 heterocycles. The number of hydrogen-bond acceptors (Lipinski definition) is 3. The fourth-order valence-corrected chi connectivity index (χ4v) is 2.28. The lowest BCUT2D eigenvalue weighted by molar-refractivity contribution is -0.117. The summed E-state index contributed by atoms with van der Waals surface area (Å²) in [7, 11) is -0.955. The van der Waals surface area contributed by atoms with Crippen molar-refractivity contribution in [3.63, 3.8) is 0 Å². The van der Waals surface area contributed by atoms with Gasteiger partial charge in [0, 0.05) is 27.0 Å². The molecule has 20 heavy (non-hydrogen) atoms. The first kappa shape index (κ1) is 19.1. The Kier molecular flexibility index (Phi) is 7.41. The molecule has 6 heteroatoms. The van der Waals surface area contributed by atoms with Crippen molar-refractivity contribution in [1.29, 1.82) is 0 Å². The average Bonchev–Trinajstić information content (AvgIpc) is 2.27. The van der Waals surface area contributed by atoms with Gasteiger partial charge in [-0.1, -0.05) is 12.1 Å². The minimum atomic E-state index is -0.955. The molecule has 1 aromatic carbocycles. The predicted octanol–water partition coefficient (Wildman–Crippen LogP) is 2.44. The molecule has 3 N–H and O–H groups in total. The van der Waals surface area contributed by atoms with Gasteiger partial charge in [-0.2, -0.15) is 0 Å². The van der Waals surface area contributed by atoms with E-state index in [1.807, 2.05) is 39.0 Å². The Labute approximate surface area is 129 Å². The SMILES string of the molecule is C[C@H](N)C(=O)Nc1cccc(CS(=O)C(C)(C)C)c1.Cl. The first-order chi connectivity index (χ1) is 8.70. The molecule has 0 bridgehead atoms. The van der Waals surface area contributed by atoms with E-state index in [9.17, 15) is 9.00 Å². The molecule has 1 aromatic rings. The number of halogens is 1. The third-order valence-corrected chi connectivity index (χ3v) is 4.55. The Morgan fingerprint density at radius 3 is 2.50 bits per heavy atom. The summed E-state index contributed by atoms with van der Waals surface area (Å²) in [5, 5.41) is 2.73. The van der Waals surface area contributed by atoms with Crippen LogP contribution in [0.5, 0.6) is 0 Å². The summed E-state index contributed by atoms with van der Waals surface area (Å²) in [6.45, 7) is 7.48. The Morgan fingerprint density at radius 2 is 2.00 bits per heavy atom. The van der Waals surface area contributed by atoms with Crippen molar-refractivity contribution in [3.8, 4) is 0 Å². The van der Waals surface area contributed by atoms with Crippen molar-refractivity contribution in [2.45, 2.75) is 44.2 Å². The van der Waals surface area contributed by atoms with Gasteiger partial charge < -0.3 is 11.1 Å². The number of rotatable bonds is 4. The van der Waals surface area contributed by atoms with Crippen LogP contribution in [0.2, 0.25) is 0 Å². The molecule has 4 nitrogen and oxygen atoms in total. The van der Waals surface area contributed by atoms with Gasteiger partial charge in [-0.05, 0) is 45.4 Å². The summed E-state index contributed by atoms with van der Waals surface area (Å²) >= 11 is 0. The summed E-state index contributed by atoms with van der Waals surface area (Å²) in [5.74, 6) is 0.250. The molecule has 0 aromatic heterocycles. The largest absolute Gasteiger partial charge is 0.325 e. The van der Waals surface area contributed by atoms with E-state index in [2.05, 4.69) is 5.32 Å². The molecule has 114 valence electrons. The normalized spacial score (nSPS) is 14.1. The lowest BCUT2D eigenvalue weighted by Gasteiger charge is -2.18. The van der Waals surface area contributed by atoms with E-state index in [0.717, 1.165) is 5.56 Å². The average molecular weight is 319 g/mol. The van der Waals surface area contributed by atoms with Crippen molar-refractivity contribution < 1.29 is 9.00 Å². The summed E-state index contributed by atoms with van der Waals surface area (Å²) < 4.78 is 11.8. The molecule has 1 rings (SSSR count). The second kappa shape index (κ2) is 7.76. The van der Waals surface area contributed by atoms with E-state index in [0.29, 0.717) is 11.4 Å². The molecule has 0 aliphatic heterocycles. The summed E-state index contributed by atoms with van der Waals surface area (Å²) in [6.07, 6.45) is 0. The number of amides is 1. The molecule has 2 atom stereocenters. The molecule has 1 unspecified atom stereocenters. The second-order valence-corrected chi connectivity index (χ2v) is 7.78. The van der Waals surface area contributed by atoms with Gasteiger partial charge >= 0.3 is 0 Å². The maximum Gasteiger partial charge on any atom is 0.240 e. The molecule has 0 fully saturated rings.